The average Bonchev–Trinajstić information content (AvgIpc) is 2.63. The highest BCUT2D eigenvalue weighted by Crippen LogP contribution is 2.29. The van der Waals surface area contributed by atoms with Crippen molar-refractivity contribution >= 4 is 27.3 Å². The summed E-state index contributed by atoms with van der Waals surface area (Å²) in [5.41, 5.74) is 2.19. The van der Waals surface area contributed by atoms with Crippen LogP contribution in [0.25, 0.3) is 0 Å². The van der Waals surface area contributed by atoms with Crippen molar-refractivity contribution in [1.82, 2.24) is 4.31 Å². The van der Waals surface area contributed by atoms with Crippen molar-refractivity contribution in [3.8, 4) is 5.75 Å². The van der Waals surface area contributed by atoms with Crippen LogP contribution in [0.1, 0.15) is 12.5 Å². The number of benzene rings is 2. The number of hydrogen-bond acceptors (Lipinski definition) is 5. The average molecular weight is 406 g/mol. The normalized spacial score (nSPS) is 12.5. The summed E-state index contributed by atoms with van der Waals surface area (Å²) in [6, 6.07) is 12.0. The molecule has 1 amide bonds. The summed E-state index contributed by atoms with van der Waals surface area (Å²) in [7, 11) is 2.94. The molecule has 2 rings (SSSR count). The third-order valence-electron chi connectivity index (χ3n) is 4.19. The maximum absolute atomic E-state index is 12.6. The Bertz CT molecular complexity index is 938. The molecule has 0 spiro atoms. The van der Waals surface area contributed by atoms with Crippen LogP contribution in [0.4, 0.5) is 11.4 Å². The topological polar surface area (TPSA) is 78.9 Å². The maximum atomic E-state index is 12.6. The molecular formula is C20H27N3O4S. The van der Waals surface area contributed by atoms with Crippen molar-refractivity contribution in [1.29, 1.82) is 0 Å². The van der Waals surface area contributed by atoms with E-state index in [-0.39, 0.29) is 10.8 Å². The summed E-state index contributed by atoms with van der Waals surface area (Å²) in [5.74, 6) is 0.216. The molecule has 0 aromatic heterocycles. The van der Waals surface area contributed by atoms with Gasteiger partial charge in [-0.2, -0.15) is 0 Å². The van der Waals surface area contributed by atoms with Crippen molar-refractivity contribution < 1.29 is 17.9 Å². The molecule has 0 unspecified atom stereocenters. The fraction of sp³-hybridized carbons (Fsp3) is 0.350. The number of carbonyl (C=O) groups is 1. The summed E-state index contributed by atoms with van der Waals surface area (Å²) in [6.07, 6.45) is -0.758. The van der Waals surface area contributed by atoms with E-state index < -0.39 is 16.1 Å². The second-order valence-electron chi connectivity index (χ2n) is 6.92. The molecule has 2 aromatic carbocycles. The van der Waals surface area contributed by atoms with Gasteiger partial charge in [-0.15, -0.1) is 0 Å². The van der Waals surface area contributed by atoms with Gasteiger partial charge in [0.15, 0.2) is 6.10 Å². The number of carbonyl (C=O) groups excluding carboxylic acids is 1. The zero-order valence-corrected chi connectivity index (χ0v) is 17.9. The first kappa shape index (κ1) is 21.7. The monoisotopic (exact) mass is 405 g/mol. The first-order chi connectivity index (χ1) is 13.0. The number of ether oxygens (including phenoxy) is 1. The Hall–Kier alpha value is -2.58. The maximum Gasteiger partial charge on any atom is 0.265 e. The number of hydrogen-bond donors (Lipinski definition) is 1. The van der Waals surface area contributed by atoms with Crippen LogP contribution < -0.4 is 15.0 Å². The van der Waals surface area contributed by atoms with E-state index in [0.29, 0.717) is 17.1 Å². The molecule has 0 saturated heterocycles. The molecule has 2 aromatic rings. The number of anilines is 2. The predicted octanol–water partition coefficient (Wildman–Crippen LogP) is 2.72. The number of nitrogens with one attached hydrogen (secondary N) is 1. The van der Waals surface area contributed by atoms with Gasteiger partial charge >= 0.3 is 0 Å². The van der Waals surface area contributed by atoms with Crippen LogP contribution in [-0.2, 0) is 14.8 Å². The van der Waals surface area contributed by atoms with Crippen LogP contribution in [0.5, 0.6) is 5.75 Å². The second-order valence-corrected chi connectivity index (χ2v) is 9.08. The van der Waals surface area contributed by atoms with E-state index in [9.17, 15) is 13.2 Å². The zero-order valence-electron chi connectivity index (χ0n) is 17.1. The van der Waals surface area contributed by atoms with E-state index in [1.807, 2.05) is 33.2 Å². The summed E-state index contributed by atoms with van der Waals surface area (Å²) >= 11 is 0. The highest BCUT2D eigenvalue weighted by molar-refractivity contribution is 7.89. The van der Waals surface area contributed by atoms with Gasteiger partial charge in [0, 0.05) is 28.2 Å². The van der Waals surface area contributed by atoms with Gasteiger partial charge in [-0.1, -0.05) is 17.7 Å². The van der Waals surface area contributed by atoms with Gasteiger partial charge < -0.3 is 15.0 Å². The summed E-state index contributed by atoms with van der Waals surface area (Å²) in [6.45, 7) is 3.61. The minimum atomic E-state index is -3.62. The number of amides is 1. The Kier molecular flexibility index (Phi) is 6.69. The molecule has 0 fully saturated rings. The quantitative estimate of drug-likeness (QED) is 0.766. The van der Waals surface area contributed by atoms with Crippen molar-refractivity contribution in [2.24, 2.45) is 0 Å². The van der Waals surface area contributed by atoms with Crippen LogP contribution in [0.3, 0.4) is 0 Å². The van der Waals surface area contributed by atoms with Gasteiger partial charge in [-0.3, -0.25) is 4.79 Å². The Morgan fingerprint density at radius 3 is 2.18 bits per heavy atom. The Labute approximate surface area is 167 Å². The molecule has 28 heavy (non-hydrogen) atoms. The van der Waals surface area contributed by atoms with Crippen molar-refractivity contribution in [2.45, 2.75) is 24.8 Å². The van der Waals surface area contributed by atoms with Crippen LogP contribution in [0.15, 0.2) is 47.4 Å². The second kappa shape index (κ2) is 8.62. The third-order valence-corrected chi connectivity index (χ3v) is 6.00. The molecule has 1 atom stereocenters. The van der Waals surface area contributed by atoms with Crippen molar-refractivity contribution in [2.75, 3.05) is 38.4 Å². The smallest absolute Gasteiger partial charge is 0.265 e. The van der Waals surface area contributed by atoms with Gasteiger partial charge in [-0.05, 0) is 44.2 Å². The number of sulfonamides is 1. The molecule has 0 radical (unpaired) electrons. The number of rotatable bonds is 7. The minimum absolute atomic E-state index is 0.102. The predicted molar refractivity (Wildman–Crippen MR) is 112 cm³/mol. The van der Waals surface area contributed by atoms with Gasteiger partial charge in [0.05, 0.1) is 16.3 Å². The largest absolute Gasteiger partial charge is 0.481 e. The standard InChI is InChI=1S/C20H27N3O4S/c1-14-7-9-16(10-8-14)27-15(2)20(24)21-18-13-17(28(25,26)23(5)6)11-12-19(18)22(3)4/h7-13,15H,1-6H3,(H,21,24)/t15-/m0/s1. The fourth-order valence-corrected chi connectivity index (χ4v) is 3.41. The lowest BCUT2D eigenvalue weighted by Gasteiger charge is -2.21. The highest BCUT2D eigenvalue weighted by Gasteiger charge is 2.22. The molecule has 0 bridgehead atoms. The lowest BCUT2D eigenvalue weighted by Crippen LogP contribution is -2.31. The van der Waals surface area contributed by atoms with Crippen molar-refractivity contribution in [3.05, 3.63) is 48.0 Å². The Morgan fingerprint density at radius 2 is 1.64 bits per heavy atom. The number of nitrogens with zero attached hydrogens (tertiary/aromatic N) is 2. The zero-order chi connectivity index (χ0) is 21.1. The van der Waals surface area contributed by atoms with E-state index in [2.05, 4.69) is 5.32 Å². The Morgan fingerprint density at radius 1 is 1.04 bits per heavy atom. The van der Waals surface area contributed by atoms with Gasteiger partial charge in [0.1, 0.15) is 5.75 Å². The van der Waals surface area contributed by atoms with E-state index >= 15 is 0 Å². The van der Waals surface area contributed by atoms with E-state index in [0.717, 1.165) is 9.87 Å². The van der Waals surface area contributed by atoms with Gasteiger partial charge in [0.25, 0.3) is 5.91 Å². The lowest BCUT2D eigenvalue weighted by molar-refractivity contribution is -0.122. The van der Waals surface area contributed by atoms with Gasteiger partial charge in [0.2, 0.25) is 10.0 Å². The molecule has 7 nitrogen and oxygen atoms in total. The first-order valence-electron chi connectivity index (χ1n) is 8.80. The summed E-state index contributed by atoms with van der Waals surface area (Å²) in [5, 5.41) is 2.79. The molecule has 0 aliphatic heterocycles. The SMILES string of the molecule is Cc1ccc(O[C@@H](C)C(=O)Nc2cc(S(=O)(=O)N(C)C)ccc2N(C)C)cc1. The molecule has 0 aliphatic carbocycles. The van der Waals surface area contributed by atoms with Crippen LogP contribution in [0, 0.1) is 6.92 Å². The third kappa shape index (κ3) is 5.02. The summed E-state index contributed by atoms with van der Waals surface area (Å²) in [4.78, 5) is 14.5. The first-order valence-corrected chi connectivity index (χ1v) is 10.2. The molecule has 0 heterocycles. The minimum Gasteiger partial charge on any atom is -0.481 e. The van der Waals surface area contributed by atoms with Crippen LogP contribution in [0.2, 0.25) is 0 Å². The molecule has 1 N–H and O–H groups in total. The Balaban J connectivity index is 2.27. The lowest BCUT2D eigenvalue weighted by atomic mass is 10.2. The number of aryl methyl sites for hydroxylation is 1. The van der Waals surface area contributed by atoms with Crippen LogP contribution >= 0.6 is 0 Å². The molecule has 152 valence electrons. The molecule has 0 aliphatic rings. The molecule has 8 heteroatoms. The van der Waals surface area contributed by atoms with Crippen molar-refractivity contribution in [3.63, 3.8) is 0 Å². The van der Waals surface area contributed by atoms with Gasteiger partial charge in [-0.25, -0.2) is 12.7 Å². The van der Waals surface area contributed by atoms with E-state index in [1.165, 1.54) is 26.2 Å². The highest BCUT2D eigenvalue weighted by atomic mass is 32.2. The molecular weight excluding hydrogens is 378 g/mol. The van der Waals surface area contributed by atoms with E-state index in [1.54, 1.807) is 30.0 Å². The van der Waals surface area contributed by atoms with Crippen LogP contribution in [-0.4, -0.2) is 52.9 Å². The van der Waals surface area contributed by atoms with E-state index in [4.69, 9.17) is 4.74 Å². The molecule has 0 saturated carbocycles. The summed E-state index contributed by atoms with van der Waals surface area (Å²) < 4.78 is 31.7. The fourth-order valence-electron chi connectivity index (χ4n) is 2.49.